The Morgan fingerprint density at radius 3 is 2.84 bits per heavy atom. The molecule has 2 aromatic heterocycles. The lowest BCUT2D eigenvalue weighted by Gasteiger charge is -2.02. The molecular weight excluding hydrogens is 318 g/mol. The number of nitrogens with one attached hydrogen (secondary N) is 1. The van der Waals surface area contributed by atoms with Crippen LogP contribution in [0, 0.1) is 6.92 Å². The molecule has 2 aromatic carbocycles. The van der Waals surface area contributed by atoms with Gasteiger partial charge in [0.1, 0.15) is 12.3 Å². The van der Waals surface area contributed by atoms with Gasteiger partial charge in [0.2, 0.25) is 0 Å². The van der Waals surface area contributed by atoms with Crippen molar-refractivity contribution in [3.8, 4) is 11.3 Å². The minimum Gasteiger partial charge on any atom is -0.455 e. The number of aromatic amines is 1. The fourth-order valence-corrected chi connectivity index (χ4v) is 2.52. The molecular formula is C19H15N3O3. The zero-order chi connectivity index (χ0) is 17.2. The molecule has 0 fully saturated rings. The molecule has 6 heteroatoms. The minimum absolute atomic E-state index is 0.0508. The van der Waals surface area contributed by atoms with Crippen LogP contribution < -0.4 is 0 Å². The van der Waals surface area contributed by atoms with Gasteiger partial charge in [-0.2, -0.15) is 0 Å². The highest BCUT2D eigenvalue weighted by Gasteiger charge is 2.12. The van der Waals surface area contributed by atoms with Gasteiger partial charge in [-0.3, -0.25) is 0 Å². The van der Waals surface area contributed by atoms with Gasteiger partial charge in [0, 0.05) is 11.6 Å². The predicted molar refractivity (Wildman–Crippen MR) is 91.9 cm³/mol. The lowest BCUT2D eigenvalue weighted by molar-refractivity contribution is 0.0464. The smallest absolute Gasteiger partial charge is 0.338 e. The van der Waals surface area contributed by atoms with Crippen LogP contribution >= 0.6 is 0 Å². The number of aryl methyl sites for hydroxylation is 1. The molecule has 0 unspecified atom stereocenters. The summed E-state index contributed by atoms with van der Waals surface area (Å²) >= 11 is 0. The summed E-state index contributed by atoms with van der Waals surface area (Å²) in [6.45, 7) is 2.07. The normalized spacial score (nSPS) is 10.9. The summed E-state index contributed by atoms with van der Waals surface area (Å²) in [7, 11) is 0. The molecule has 0 saturated heterocycles. The summed E-state index contributed by atoms with van der Waals surface area (Å²) < 4.78 is 10.6. The molecule has 2 heterocycles. The second-order valence-electron chi connectivity index (χ2n) is 5.76. The van der Waals surface area contributed by atoms with E-state index in [1.807, 2.05) is 31.2 Å². The number of H-pyrrole nitrogens is 1. The molecule has 1 N–H and O–H groups in total. The van der Waals surface area contributed by atoms with E-state index in [9.17, 15) is 4.79 Å². The maximum absolute atomic E-state index is 12.2. The van der Waals surface area contributed by atoms with Gasteiger partial charge in [0.05, 0.1) is 22.9 Å². The first-order valence-corrected chi connectivity index (χ1v) is 7.82. The average Bonchev–Trinajstić information content (AvgIpc) is 3.29. The maximum Gasteiger partial charge on any atom is 0.338 e. The van der Waals surface area contributed by atoms with Crippen LogP contribution in [0.25, 0.3) is 22.4 Å². The summed E-state index contributed by atoms with van der Waals surface area (Å²) in [6.07, 6.45) is 1.59. The van der Waals surface area contributed by atoms with Crippen LogP contribution in [0.4, 0.5) is 0 Å². The van der Waals surface area contributed by atoms with Crippen LogP contribution in [0.1, 0.15) is 21.6 Å². The molecule has 0 aliphatic carbocycles. The van der Waals surface area contributed by atoms with E-state index in [-0.39, 0.29) is 6.61 Å². The third kappa shape index (κ3) is 3.14. The summed E-state index contributed by atoms with van der Waals surface area (Å²) in [5, 5.41) is 3.95. The fraction of sp³-hybridized carbons (Fsp3) is 0.105. The molecule has 0 amide bonds. The van der Waals surface area contributed by atoms with E-state index in [0.717, 1.165) is 16.6 Å². The van der Waals surface area contributed by atoms with Gasteiger partial charge in [-0.05, 0) is 25.1 Å². The lowest BCUT2D eigenvalue weighted by Crippen LogP contribution is -2.05. The van der Waals surface area contributed by atoms with Gasteiger partial charge < -0.3 is 14.2 Å². The fourth-order valence-electron chi connectivity index (χ4n) is 2.52. The Morgan fingerprint density at radius 2 is 2.00 bits per heavy atom. The molecule has 0 bridgehead atoms. The zero-order valence-corrected chi connectivity index (χ0v) is 13.5. The zero-order valence-electron chi connectivity index (χ0n) is 13.5. The molecule has 0 spiro atoms. The van der Waals surface area contributed by atoms with E-state index >= 15 is 0 Å². The topological polar surface area (TPSA) is 81.0 Å². The molecule has 124 valence electrons. The highest BCUT2D eigenvalue weighted by Crippen LogP contribution is 2.21. The number of carbonyl (C=O) groups is 1. The Bertz CT molecular complexity index is 1030. The number of ether oxygens (including phenoxy) is 1. The molecule has 0 atom stereocenters. The van der Waals surface area contributed by atoms with Crippen LogP contribution in [0.3, 0.4) is 0 Å². The first-order valence-electron chi connectivity index (χ1n) is 7.82. The number of imidazole rings is 1. The third-order valence-electron chi connectivity index (χ3n) is 3.90. The van der Waals surface area contributed by atoms with Crippen molar-refractivity contribution in [2.45, 2.75) is 13.5 Å². The van der Waals surface area contributed by atoms with Crippen LogP contribution in [0.5, 0.6) is 0 Å². The Hall–Kier alpha value is -3.41. The van der Waals surface area contributed by atoms with Gasteiger partial charge in [-0.25, -0.2) is 9.78 Å². The Balaban J connectivity index is 1.44. The summed E-state index contributed by atoms with van der Waals surface area (Å²) in [6, 6.07) is 14.9. The van der Waals surface area contributed by atoms with Crippen LogP contribution in [0.15, 0.2) is 59.4 Å². The highest BCUT2D eigenvalue weighted by atomic mass is 16.5. The number of hydrogen-bond acceptors (Lipinski definition) is 5. The second kappa shape index (κ2) is 6.24. The number of hydrogen-bond donors (Lipinski definition) is 1. The minimum atomic E-state index is -0.420. The van der Waals surface area contributed by atoms with E-state index < -0.39 is 5.97 Å². The van der Waals surface area contributed by atoms with Gasteiger partial charge in [0.25, 0.3) is 0 Å². The van der Waals surface area contributed by atoms with Crippen molar-refractivity contribution in [1.29, 1.82) is 0 Å². The predicted octanol–water partition coefficient (Wildman–Crippen LogP) is 3.88. The van der Waals surface area contributed by atoms with Gasteiger partial charge in [-0.15, -0.1) is 0 Å². The molecule has 4 rings (SSSR count). The number of esters is 1. The number of nitrogens with zero attached hydrogens (tertiary/aromatic N) is 2. The van der Waals surface area contributed by atoms with E-state index in [0.29, 0.717) is 17.0 Å². The SMILES string of the molecule is Cc1ccc(-c2cc(COC(=O)c3ccc4nc[nH]c4c3)no2)cc1. The number of rotatable bonds is 4. The van der Waals surface area contributed by atoms with Crippen LogP contribution in [-0.2, 0) is 11.3 Å². The van der Waals surface area contributed by atoms with Gasteiger partial charge in [0.15, 0.2) is 5.76 Å². The first-order chi connectivity index (χ1) is 12.2. The molecule has 0 radical (unpaired) electrons. The number of benzene rings is 2. The molecule has 4 aromatic rings. The summed E-state index contributed by atoms with van der Waals surface area (Å²) in [4.78, 5) is 19.3. The first kappa shape index (κ1) is 15.1. The number of aromatic nitrogens is 3. The highest BCUT2D eigenvalue weighted by molar-refractivity contribution is 5.93. The summed E-state index contributed by atoms with van der Waals surface area (Å²) in [5.74, 6) is 0.223. The van der Waals surface area contributed by atoms with E-state index in [1.54, 1.807) is 30.6 Å². The van der Waals surface area contributed by atoms with E-state index in [4.69, 9.17) is 9.26 Å². The van der Waals surface area contributed by atoms with Crippen molar-refractivity contribution in [2.75, 3.05) is 0 Å². The third-order valence-corrected chi connectivity index (χ3v) is 3.90. The Labute approximate surface area is 143 Å². The van der Waals surface area contributed by atoms with Gasteiger partial charge in [-0.1, -0.05) is 35.0 Å². The number of carbonyl (C=O) groups excluding carboxylic acids is 1. The second-order valence-corrected chi connectivity index (χ2v) is 5.76. The van der Waals surface area contributed by atoms with Crippen LogP contribution in [0.2, 0.25) is 0 Å². The largest absolute Gasteiger partial charge is 0.455 e. The van der Waals surface area contributed by atoms with Crippen molar-refractivity contribution in [3.05, 3.63) is 71.7 Å². The molecule has 0 saturated carbocycles. The van der Waals surface area contributed by atoms with Crippen molar-refractivity contribution in [1.82, 2.24) is 15.1 Å². The molecule has 6 nitrogen and oxygen atoms in total. The Morgan fingerprint density at radius 1 is 1.16 bits per heavy atom. The van der Waals surface area contributed by atoms with E-state index in [1.165, 1.54) is 5.56 Å². The standard InChI is InChI=1S/C19H15N3O3/c1-12-2-4-13(5-3-12)18-9-15(22-25-18)10-24-19(23)14-6-7-16-17(8-14)21-11-20-16/h2-9,11H,10H2,1H3,(H,20,21). The van der Waals surface area contributed by atoms with Gasteiger partial charge >= 0.3 is 5.97 Å². The van der Waals surface area contributed by atoms with Crippen molar-refractivity contribution in [2.24, 2.45) is 0 Å². The van der Waals surface area contributed by atoms with Crippen molar-refractivity contribution >= 4 is 17.0 Å². The Kier molecular flexibility index (Phi) is 3.78. The van der Waals surface area contributed by atoms with E-state index in [2.05, 4.69) is 15.1 Å². The lowest BCUT2D eigenvalue weighted by atomic mass is 10.1. The quantitative estimate of drug-likeness (QED) is 0.573. The number of fused-ring (bicyclic) bond motifs is 1. The molecule has 0 aliphatic heterocycles. The summed E-state index contributed by atoms with van der Waals surface area (Å²) in [5.41, 5.74) is 4.71. The molecule has 25 heavy (non-hydrogen) atoms. The maximum atomic E-state index is 12.2. The monoisotopic (exact) mass is 333 g/mol. The van der Waals surface area contributed by atoms with Crippen molar-refractivity contribution < 1.29 is 14.1 Å². The van der Waals surface area contributed by atoms with Crippen molar-refractivity contribution in [3.63, 3.8) is 0 Å². The average molecular weight is 333 g/mol. The molecule has 0 aliphatic rings. The van der Waals surface area contributed by atoms with Crippen LogP contribution in [-0.4, -0.2) is 21.1 Å².